The van der Waals surface area contributed by atoms with Gasteiger partial charge in [0.15, 0.2) is 0 Å². The summed E-state index contributed by atoms with van der Waals surface area (Å²) in [5.74, 6) is 0. The van der Waals surface area contributed by atoms with Crippen LogP contribution in [0.2, 0.25) is 0 Å². The first-order chi connectivity index (χ1) is 8.33. The topological polar surface area (TPSA) is 50.8 Å². The van der Waals surface area contributed by atoms with Crippen LogP contribution in [0, 0.1) is 0 Å². The molecule has 4 nitrogen and oxygen atoms in total. The van der Waals surface area contributed by atoms with Crippen LogP contribution in [0.5, 0.6) is 0 Å². The Morgan fingerprint density at radius 3 is 3.12 bits per heavy atom. The molecule has 4 heteroatoms. The Kier molecular flexibility index (Phi) is 2.63. The maximum atomic E-state index is 5.53. The maximum Gasteiger partial charge on any atom is 0.282 e. The summed E-state index contributed by atoms with van der Waals surface area (Å²) in [5, 5.41) is 0. The second-order valence-electron chi connectivity index (χ2n) is 4.61. The molecule has 0 saturated carbocycles. The summed E-state index contributed by atoms with van der Waals surface area (Å²) in [5.41, 5.74) is 8.32. The Balaban J connectivity index is 1.77. The van der Waals surface area contributed by atoms with E-state index < -0.39 is 0 Å². The van der Waals surface area contributed by atoms with Crippen molar-refractivity contribution in [2.75, 3.05) is 24.6 Å². The summed E-state index contributed by atoms with van der Waals surface area (Å²) < 4.78 is 5.20. The molecule has 17 heavy (non-hydrogen) atoms. The summed E-state index contributed by atoms with van der Waals surface area (Å²) in [6, 6.07) is 9.13. The molecule has 2 aliphatic heterocycles. The van der Waals surface area contributed by atoms with Crippen molar-refractivity contribution < 1.29 is 4.74 Å². The first-order valence-electron chi connectivity index (χ1n) is 6.12. The van der Waals surface area contributed by atoms with Crippen molar-refractivity contribution in [2.45, 2.75) is 18.9 Å². The zero-order chi connectivity index (χ0) is 11.7. The summed E-state index contributed by atoms with van der Waals surface area (Å²) in [6.07, 6.45) is 2.39. The fraction of sp³-hybridized carbons (Fsp3) is 0.462. The van der Waals surface area contributed by atoms with E-state index in [9.17, 15) is 0 Å². The van der Waals surface area contributed by atoms with Crippen LogP contribution in [0.15, 0.2) is 29.3 Å². The molecule has 2 heterocycles. The van der Waals surface area contributed by atoms with Gasteiger partial charge in [-0.3, -0.25) is 0 Å². The quantitative estimate of drug-likeness (QED) is 0.830. The molecule has 0 aromatic heterocycles. The van der Waals surface area contributed by atoms with E-state index in [0.717, 1.165) is 13.1 Å². The molecule has 0 saturated heterocycles. The predicted octanol–water partition coefficient (Wildman–Crippen LogP) is 1.15. The Labute approximate surface area is 101 Å². The molecule has 0 bridgehead atoms. The highest BCUT2D eigenvalue weighted by Gasteiger charge is 2.23. The third kappa shape index (κ3) is 2.07. The van der Waals surface area contributed by atoms with Crippen LogP contribution in [0.4, 0.5) is 5.69 Å². The van der Waals surface area contributed by atoms with Crippen molar-refractivity contribution in [3.63, 3.8) is 0 Å². The first-order valence-corrected chi connectivity index (χ1v) is 6.12. The van der Waals surface area contributed by atoms with Gasteiger partial charge < -0.3 is 15.4 Å². The second-order valence-corrected chi connectivity index (χ2v) is 4.61. The molecular formula is C13H17N3O. The summed E-state index contributed by atoms with van der Waals surface area (Å²) >= 11 is 0. The van der Waals surface area contributed by atoms with Crippen molar-refractivity contribution >= 4 is 11.7 Å². The number of anilines is 1. The number of hydrogen-bond acceptors (Lipinski definition) is 4. The Bertz CT molecular complexity index is 444. The highest BCUT2D eigenvalue weighted by Crippen LogP contribution is 2.27. The second kappa shape index (κ2) is 4.28. The number of rotatable bonds is 2. The number of amidine groups is 1. The molecule has 1 aromatic rings. The van der Waals surface area contributed by atoms with Gasteiger partial charge in [0.1, 0.15) is 12.6 Å². The van der Waals surface area contributed by atoms with Crippen LogP contribution in [0.3, 0.4) is 0 Å². The minimum absolute atomic E-state index is 0.182. The highest BCUT2D eigenvalue weighted by molar-refractivity contribution is 5.73. The molecule has 0 spiro atoms. The summed E-state index contributed by atoms with van der Waals surface area (Å²) in [6.45, 7) is 2.62. The number of fused-ring (bicyclic) bond motifs is 1. The van der Waals surface area contributed by atoms with E-state index in [0.29, 0.717) is 12.6 Å². The van der Waals surface area contributed by atoms with Crippen LogP contribution >= 0.6 is 0 Å². The van der Waals surface area contributed by atoms with E-state index in [1.54, 1.807) is 0 Å². The lowest BCUT2D eigenvalue weighted by atomic mass is 10.0. The first kappa shape index (κ1) is 10.4. The van der Waals surface area contributed by atoms with E-state index in [4.69, 9.17) is 10.5 Å². The number of benzene rings is 1. The van der Waals surface area contributed by atoms with Crippen LogP contribution < -0.4 is 10.6 Å². The third-order valence-electron chi connectivity index (χ3n) is 3.37. The Hall–Kier alpha value is -1.71. The lowest BCUT2D eigenvalue weighted by Gasteiger charge is -2.32. The number of aryl methyl sites for hydroxylation is 1. The monoisotopic (exact) mass is 231 g/mol. The Morgan fingerprint density at radius 1 is 1.41 bits per heavy atom. The van der Waals surface area contributed by atoms with Crippen molar-refractivity contribution in [1.29, 1.82) is 0 Å². The Morgan fingerprint density at radius 2 is 2.29 bits per heavy atom. The smallest absolute Gasteiger partial charge is 0.282 e. The SMILES string of the molecule is NC1=N[C@@H](CN2CCCc3ccccc32)CO1. The van der Waals surface area contributed by atoms with Crippen molar-refractivity contribution in [2.24, 2.45) is 10.7 Å². The molecule has 0 radical (unpaired) electrons. The molecule has 3 rings (SSSR count). The number of nitrogens with zero attached hydrogens (tertiary/aromatic N) is 2. The van der Waals surface area contributed by atoms with Gasteiger partial charge in [0, 0.05) is 18.8 Å². The fourth-order valence-corrected chi connectivity index (χ4v) is 2.59. The van der Waals surface area contributed by atoms with E-state index in [2.05, 4.69) is 34.2 Å². The molecule has 0 unspecified atom stereocenters. The number of nitrogens with two attached hydrogens (primary N) is 1. The molecule has 90 valence electrons. The molecule has 0 amide bonds. The summed E-state index contributed by atoms with van der Waals surface area (Å²) in [4.78, 5) is 6.68. The van der Waals surface area contributed by atoms with Gasteiger partial charge in [-0.05, 0) is 24.5 Å². The lowest BCUT2D eigenvalue weighted by Crippen LogP contribution is -2.36. The fourth-order valence-electron chi connectivity index (χ4n) is 2.59. The van der Waals surface area contributed by atoms with Gasteiger partial charge in [0.2, 0.25) is 0 Å². The van der Waals surface area contributed by atoms with Crippen molar-refractivity contribution in [3.8, 4) is 0 Å². The van der Waals surface area contributed by atoms with Gasteiger partial charge in [-0.2, -0.15) is 0 Å². The number of ether oxygens (including phenoxy) is 1. The van der Waals surface area contributed by atoms with E-state index in [1.807, 2.05) is 0 Å². The molecule has 1 aromatic carbocycles. The molecule has 2 N–H and O–H groups in total. The standard InChI is InChI=1S/C13H17N3O/c14-13-15-11(9-17-13)8-16-7-3-5-10-4-1-2-6-12(10)16/h1-2,4,6,11H,3,5,7-9H2,(H2,14,15)/t11-/m0/s1. The van der Waals surface area contributed by atoms with Crippen LogP contribution in [-0.4, -0.2) is 31.8 Å². The van der Waals surface area contributed by atoms with E-state index in [1.165, 1.54) is 24.1 Å². The number of aliphatic imine (C=N–C) groups is 1. The molecular weight excluding hydrogens is 214 g/mol. The van der Waals surface area contributed by atoms with E-state index in [-0.39, 0.29) is 6.04 Å². The average Bonchev–Trinajstić information content (AvgIpc) is 2.75. The maximum absolute atomic E-state index is 5.53. The minimum Gasteiger partial charge on any atom is -0.463 e. The highest BCUT2D eigenvalue weighted by atomic mass is 16.5. The summed E-state index contributed by atoms with van der Waals surface area (Å²) in [7, 11) is 0. The molecule has 2 aliphatic rings. The van der Waals surface area contributed by atoms with Crippen molar-refractivity contribution in [1.82, 2.24) is 0 Å². The zero-order valence-corrected chi connectivity index (χ0v) is 9.80. The largest absolute Gasteiger partial charge is 0.463 e. The van der Waals surface area contributed by atoms with Crippen LogP contribution in [0.25, 0.3) is 0 Å². The molecule has 0 fully saturated rings. The average molecular weight is 231 g/mol. The van der Waals surface area contributed by atoms with Gasteiger partial charge in [-0.15, -0.1) is 0 Å². The third-order valence-corrected chi connectivity index (χ3v) is 3.37. The van der Waals surface area contributed by atoms with Gasteiger partial charge in [-0.25, -0.2) is 4.99 Å². The number of hydrogen-bond donors (Lipinski definition) is 1. The van der Waals surface area contributed by atoms with Gasteiger partial charge in [0.25, 0.3) is 6.02 Å². The normalized spacial score (nSPS) is 22.9. The van der Waals surface area contributed by atoms with Gasteiger partial charge in [0.05, 0.1) is 0 Å². The predicted molar refractivity (Wildman–Crippen MR) is 68.3 cm³/mol. The molecule has 0 aliphatic carbocycles. The minimum atomic E-state index is 0.182. The van der Waals surface area contributed by atoms with Gasteiger partial charge >= 0.3 is 0 Å². The lowest BCUT2D eigenvalue weighted by molar-refractivity contribution is 0.312. The van der Waals surface area contributed by atoms with Gasteiger partial charge in [-0.1, -0.05) is 18.2 Å². The van der Waals surface area contributed by atoms with E-state index >= 15 is 0 Å². The van der Waals surface area contributed by atoms with Crippen LogP contribution in [0.1, 0.15) is 12.0 Å². The number of para-hydroxylation sites is 1. The van der Waals surface area contributed by atoms with Crippen molar-refractivity contribution in [3.05, 3.63) is 29.8 Å². The zero-order valence-electron chi connectivity index (χ0n) is 9.80. The van der Waals surface area contributed by atoms with Crippen LogP contribution in [-0.2, 0) is 11.2 Å². The molecule has 1 atom stereocenters.